The Morgan fingerprint density at radius 1 is 1.30 bits per heavy atom. The minimum Gasteiger partial charge on any atom is -0.464 e. The lowest BCUT2D eigenvalue weighted by atomic mass is 10.2. The molecule has 3 aromatic rings. The van der Waals surface area contributed by atoms with E-state index in [-0.39, 0.29) is 18.0 Å². The van der Waals surface area contributed by atoms with E-state index in [2.05, 4.69) is 11.9 Å². The van der Waals surface area contributed by atoms with Crippen LogP contribution in [0.25, 0.3) is 10.9 Å². The van der Waals surface area contributed by atoms with Gasteiger partial charge in [-0.1, -0.05) is 19.1 Å². The summed E-state index contributed by atoms with van der Waals surface area (Å²) in [6.45, 7) is 4.30. The lowest BCUT2D eigenvalue weighted by molar-refractivity contribution is -0.131. The van der Waals surface area contributed by atoms with Crippen LogP contribution in [0.2, 0.25) is 0 Å². The Morgan fingerprint density at radius 2 is 2.04 bits per heavy atom. The predicted molar refractivity (Wildman–Crippen MR) is 102 cm³/mol. The van der Waals surface area contributed by atoms with Gasteiger partial charge in [-0.2, -0.15) is 0 Å². The highest BCUT2D eigenvalue weighted by molar-refractivity contribution is 5.79. The van der Waals surface area contributed by atoms with E-state index in [0.717, 1.165) is 11.5 Å². The maximum atomic E-state index is 12.7. The Labute approximate surface area is 157 Å². The molecule has 1 aliphatic carbocycles. The van der Waals surface area contributed by atoms with Crippen molar-refractivity contribution in [2.45, 2.75) is 39.3 Å². The van der Waals surface area contributed by atoms with Gasteiger partial charge in [-0.3, -0.25) is 14.2 Å². The minimum absolute atomic E-state index is 0.0355. The maximum Gasteiger partial charge on any atom is 0.261 e. The third kappa shape index (κ3) is 3.39. The molecule has 1 fully saturated rings. The summed E-state index contributed by atoms with van der Waals surface area (Å²) in [5, 5.41) is 0.521. The van der Waals surface area contributed by atoms with Crippen molar-refractivity contribution in [2.24, 2.45) is 5.92 Å². The molecule has 0 aliphatic heterocycles. The molecule has 6 heteroatoms. The van der Waals surface area contributed by atoms with E-state index in [9.17, 15) is 9.59 Å². The van der Waals surface area contributed by atoms with Gasteiger partial charge in [-0.15, -0.1) is 0 Å². The molecule has 1 amide bonds. The highest BCUT2D eigenvalue weighted by Gasteiger charge is 2.36. The molecule has 2 aromatic heterocycles. The molecule has 4 rings (SSSR count). The summed E-state index contributed by atoms with van der Waals surface area (Å²) in [4.78, 5) is 31.4. The molecule has 6 nitrogen and oxygen atoms in total. The smallest absolute Gasteiger partial charge is 0.261 e. The van der Waals surface area contributed by atoms with Gasteiger partial charge in [0.05, 0.1) is 17.4 Å². The van der Waals surface area contributed by atoms with Gasteiger partial charge >= 0.3 is 0 Å². The van der Waals surface area contributed by atoms with E-state index >= 15 is 0 Å². The van der Waals surface area contributed by atoms with E-state index in [1.807, 2.05) is 18.2 Å². The normalized spacial score (nSPS) is 18.6. The molecule has 0 bridgehead atoms. The standard InChI is InChI=1S/C21H23N3O3/c1-13-10-17(13)19-9-8-15(27-19)11-23(3)20(25)12-24-14(2)22-18-7-5-4-6-16(18)21(24)26/h4-9,13,17H,10-12H2,1-3H3/t13-,17-/m1/s1. The number of carbonyl (C=O) groups excluding carboxylic acids is 1. The van der Waals surface area contributed by atoms with Crippen molar-refractivity contribution in [3.05, 3.63) is 64.1 Å². The Bertz CT molecular complexity index is 1070. The lowest BCUT2D eigenvalue weighted by Gasteiger charge is -2.17. The Hall–Kier alpha value is -2.89. The Balaban J connectivity index is 1.49. The molecule has 2 heterocycles. The van der Waals surface area contributed by atoms with Crippen LogP contribution >= 0.6 is 0 Å². The number of nitrogens with zero attached hydrogens (tertiary/aromatic N) is 3. The van der Waals surface area contributed by atoms with Gasteiger partial charge in [0.1, 0.15) is 23.9 Å². The summed E-state index contributed by atoms with van der Waals surface area (Å²) in [7, 11) is 1.72. The number of carbonyl (C=O) groups is 1. The summed E-state index contributed by atoms with van der Waals surface area (Å²) in [5.74, 6) is 3.34. The van der Waals surface area contributed by atoms with E-state index in [4.69, 9.17) is 4.42 Å². The van der Waals surface area contributed by atoms with Crippen LogP contribution in [-0.2, 0) is 17.9 Å². The van der Waals surface area contributed by atoms with Gasteiger partial charge < -0.3 is 9.32 Å². The fourth-order valence-corrected chi connectivity index (χ4v) is 3.44. The van der Waals surface area contributed by atoms with E-state index in [1.54, 1.807) is 37.1 Å². The number of aryl methyl sites for hydroxylation is 1. The van der Waals surface area contributed by atoms with Crippen LogP contribution in [-0.4, -0.2) is 27.4 Å². The zero-order valence-electron chi connectivity index (χ0n) is 15.8. The number of likely N-dealkylation sites (N-methyl/N-ethyl adjacent to an activating group) is 1. The van der Waals surface area contributed by atoms with Gasteiger partial charge in [0.2, 0.25) is 5.91 Å². The van der Waals surface area contributed by atoms with E-state index in [0.29, 0.717) is 35.1 Å². The highest BCUT2D eigenvalue weighted by atomic mass is 16.3. The molecular weight excluding hydrogens is 342 g/mol. The number of hydrogen-bond donors (Lipinski definition) is 0. The number of fused-ring (bicyclic) bond motifs is 1. The zero-order chi connectivity index (χ0) is 19.1. The van der Waals surface area contributed by atoms with Crippen molar-refractivity contribution in [1.82, 2.24) is 14.5 Å². The molecule has 0 spiro atoms. The molecule has 0 unspecified atom stereocenters. The van der Waals surface area contributed by atoms with Crippen molar-refractivity contribution >= 4 is 16.8 Å². The van der Waals surface area contributed by atoms with Gasteiger partial charge in [-0.05, 0) is 43.5 Å². The second-order valence-electron chi connectivity index (χ2n) is 7.44. The van der Waals surface area contributed by atoms with Crippen LogP contribution in [0.1, 0.15) is 36.6 Å². The van der Waals surface area contributed by atoms with Crippen LogP contribution < -0.4 is 5.56 Å². The third-order valence-electron chi connectivity index (χ3n) is 5.32. The number of rotatable bonds is 5. The van der Waals surface area contributed by atoms with Crippen molar-refractivity contribution in [3.63, 3.8) is 0 Å². The summed E-state index contributed by atoms with van der Waals surface area (Å²) in [5.41, 5.74) is 0.456. The molecule has 0 N–H and O–H groups in total. The quantitative estimate of drug-likeness (QED) is 0.697. The third-order valence-corrected chi connectivity index (χ3v) is 5.32. The van der Waals surface area contributed by atoms with Crippen molar-refractivity contribution < 1.29 is 9.21 Å². The highest BCUT2D eigenvalue weighted by Crippen LogP contribution is 2.47. The molecule has 1 aliphatic rings. The second kappa shape index (κ2) is 6.68. The predicted octanol–water partition coefficient (Wildman–Crippen LogP) is 3.08. The average molecular weight is 365 g/mol. The first-order valence-electron chi connectivity index (χ1n) is 9.23. The fraction of sp³-hybridized carbons (Fsp3) is 0.381. The average Bonchev–Trinajstić information content (AvgIpc) is 3.19. The largest absolute Gasteiger partial charge is 0.464 e. The van der Waals surface area contributed by atoms with Gasteiger partial charge in [0.15, 0.2) is 0 Å². The van der Waals surface area contributed by atoms with Crippen LogP contribution in [0, 0.1) is 12.8 Å². The first-order valence-corrected chi connectivity index (χ1v) is 9.23. The first kappa shape index (κ1) is 17.5. The SMILES string of the molecule is Cc1nc2ccccc2c(=O)n1CC(=O)N(C)Cc1ccc([C@@H]2C[C@H]2C)o1. The number of hydrogen-bond acceptors (Lipinski definition) is 4. The molecular formula is C21H23N3O3. The summed E-state index contributed by atoms with van der Waals surface area (Å²) in [6, 6.07) is 11.1. The van der Waals surface area contributed by atoms with Crippen molar-refractivity contribution in [2.75, 3.05) is 7.05 Å². The van der Waals surface area contributed by atoms with Gasteiger partial charge in [0.25, 0.3) is 5.56 Å². The summed E-state index contributed by atoms with van der Waals surface area (Å²) in [6.07, 6.45) is 1.17. The lowest BCUT2D eigenvalue weighted by Crippen LogP contribution is -2.35. The van der Waals surface area contributed by atoms with Crippen LogP contribution in [0.15, 0.2) is 45.6 Å². The van der Waals surface area contributed by atoms with Crippen LogP contribution in [0.4, 0.5) is 0 Å². The Kier molecular flexibility index (Phi) is 4.34. The summed E-state index contributed by atoms with van der Waals surface area (Å²) < 4.78 is 7.31. The van der Waals surface area contributed by atoms with E-state index < -0.39 is 0 Å². The number of aromatic nitrogens is 2. The fourth-order valence-electron chi connectivity index (χ4n) is 3.44. The molecule has 1 aromatic carbocycles. The maximum absolute atomic E-state index is 12.7. The van der Waals surface area contributed by atoms with Crippen LogP contribution in [0.5, 0.6) is 0 Å². The number of benzene rings is 1. The first-order chi connectivity index (χ1) is 12.9. The Morgan fingerprint density at radius 3 is 2.78 bits per heavy atom. The number of furan rings is 1. The van der Waals surface area contributed by atoms with Crippen LogP contribution in [0.3, 0.4) is 0 Å². The second-order valence-corrected chi connectivity index (χ2v) is 7.44. The van der Waals surface area contributed by atoms with Crippen molar-refractivity contribution in [1.29, 1.82) is 0 Å². The summed E-state index contributed by atoms with van der Waals surface area (Å²) >= 11 is 0. The zero-order valence-corrected chi connectivity index (χ0v) is 15.8. The number of amides is 1. The monoisotopic (exact) mass is 365 g/mol. The molecule has 2 atom stereocenters. The van der Waals surface area contributed by atoms with E-state index in [1.165, 1.54) is 11.0 Å². The van der Waals surface area contributed by atoms with Gasteiger partial charge in [-0.25, -0.2) is 4.98 Å². The van der Waals surface area contributed by atoms with Gasteiger partial charge in [0, 0.05) is 13.0 Å². The topological polar surface area (TPSA) is 68.3 Å². The number of para-hydroxylation sites is 1. The molecule has 0 saturated heterocycles. The molecule has 27 heavy (non-hydrogen) atoms. The minimum atomic E-state index is -0.192. The molecule has 1 saturated carbocycles. The molecule has 0 radical (unpaired) electrons. The molecule has 140 valence electrons. The van der Waals surface area contributed by atoms with Crippen molar-refractivity contribution in [3.8, 4) is 0 Å².